The van der Waals surface area contributed by atoms with Gasteiger partial charge in [0.25, 0.3) is 0 Å². The van der Waals surface area contributed by atoms with Crippen LogP contribution in [0.1, 0.15) is 22.3 Å². The van der Waals surface area contributed by atoms with Crippen LogP contribution in [0, 0.1) is 0 Å². The molecule has 1 atom stereocenters. The summed E-state index contributed by atoms with van der Waals surface area (Å²) in [5.74, 6) is 0.922. The molecule has 2 aromatic rings. The van der Waals surface area contributed by atoms with E-state index in [1.54, 1.807) is 36.0 Å². The predicted octanol–water partition coefficient (Wildman–Crippen LogP) is 4.97. The molecule has 1 aliphatic rings. The normalized spacial score (nSPS) is 15.7. The van der Waals surface area contributed by atoms with Gasteiger partial charge < -0.3 is 13.9 Å². The van der Waals surface area contributed by atoms with E-state index in [1.807, 2.05) is 18.4 Å². The number of halogens is 1. The van der Waals surface area contributed by atoms with Crippen molar-refractivity contribution >= 4 is 52.0 Å². The summed E-state index contributed by atoms with van der Waals surface area (Å²) >= 11 is 10.1. The highest BCUT2D eigenvalue weighted by Crippen LogP contribution is 2.48. The highest BCUT2D eigenvalue weighted by molar-refractivity contribution is 9.10. The minimum atomic E-state index is -3.54. The van der Waals surface area contributed by atoms with Gasteiger partial charge in [-0.3, -0.25) is 4.79 Å². The average molecular weight is 445 g/mol. The molecule has 0 bridgehead atoms. The topological polar surface area (TPSA) is 55.8 Å². The van der Waals surface area contributed by atoms with Gasteiger partial charge in [0, 0.05) is 38.7 Å². The minimum absolute atomic E-state index is 0.0576. The molecule has 1 unspecified atom stereocenters. The van der Waals surface area contributed by atoms with Gasteiger partial charge >= 0.3 is 6.72 Å². The summed E-state index contributed by atoms with van der Waals surface area (Å²) in [6.07, 6.45) is 2.95. The van der Waals surface area contributed by atoms with Crippen LogP contribution in [0.4, 0.5) is 0 Å². The maximum Gasteiger partial charge on any atom is 0.432 e. The van der Waals surface area contributed by atoms with E-state index >= 15 is 0 Å². The van der Waals surface area contributed by atoms with E-state index in [1.165, 1.54) is 0 Å². The molecule has 0 fully saturated rings. The van der Waals surface area contributed by atoms with Crippen molar-refractivity contribution in [3.63, 3.8) is 0 Å². The van der Waals surface area contributed by atoms with E-state index in [0.717, 1.165) is 14.9 Å². The molecule has 0 amide bonds. The highest BCUT2D eigenvalue weighted by atomic mass is 79.9. The van der Waals surface area contributed by atoms with Crippen molar-refractivity contribution in [1.82, 2.24) is 0 Å². The summed E-state index contributed by atoms with van der Waals surface area (Å²) in [5, 5.41) is 0. The molecule has 0 heterocycles. The highest BCUT2D eigenvalue weighted by Gasteiger charge is 2.29. The van der Waals surface area contributed by atoms with Crippen molar-refractivity contribution in [3.05, 3.63) is 52.0 Å². The van der Waals surface area contributed by atoms with Crippen LogP contribution in [0.3, 0.4) is 0 Å². The van der Waals surface area contributed by atoms with Gasteiger partial charge in [-0.25, -0.2) is 0 Å². The van der Waals surface area contributed by atoms with Gasteiger partial charge in [-0.2, -0.15) is 0 Å². The zero-order chi connectivity index (χ0) is 17.3. The van der Waals surface area contributed by atoms with E-state index in [0.29, 0.717) is 29.9 Å². The maximum absolute atomic E-state index is 12.0. The first-order valence-corrected chi connectivity index (χ1v) is 11.7. The molecule has 0 saturated heterocycles. The Morgan fingerprint density at radius 3 is 2.79 bits per heavy atom. The standard InChI is InChI=1S/C16H14BrO4PS2/c1-24-11-4-2-3-10(9-11)20-22(19,23)21-15-8-6-13(17)16-12(15)5-7-14(16)18/h2-4,6,8-9H,5,7H2,1H3,(H,19,23). The van der Waals surface area contributed by atoms with Crippen LogP contribution in [0.15, 0.2) is 45.8 Å². The lowest BCUT2D eigenvalue weighted by molar-refractivity contribution is 0.0994. The third-order valence-electron chi connectivity index (χ3n) is 3.58. The number of carbonyl (C=O) groups is 1. The molecular formula is C16H14BrO4PS2. The zero-order valence-corrected chi connectivity index (χ0v) is 16.8. The van der Waals surface area contributed by atoms with Gasteiger partial charge in [-0.1, -0.05) is 22.0 Å². The van der Waals surface area contributed by atoms with Gasteiger partial charge in [-0.05, 0) is 43.0 Å². The van der Waals surface area contributed by atoms with E-state index in [4.69, 9.17) is 20.9 Å². The Morgan fingerprint density at radius 1 is 1.25 bits per heavy atom. The molecule has 2 aromatic carbocycles. The Morgan fingerprint density at radius 2 is 2.04 bits per heavy atom. The molecule has 1 N–H and O–H groups in total. The quantitative estimate of drug-likeness (QED) is 0.518. The van der Waals surface area contributed by atoms with Gasteiger partial charge in [0.15, 0.2) is 5.78 Å². The maximum atomic E-state index is 12.0. The van der Waals surface area contributed by atoms with E-state index in [2.05, 4.69) is 15.9 Å². The van der Waals surface area contributed by atoms with Crippen molar-refractivity contribution in [2.75, 3.05) is 6.26 Å². The average Bonchev–Trinajstić information content (AvgIpc) is 2.93. The molecule has 126 valence electrons. The zero-order valence-electron chi connectivity index (χ0n) is 12.7. The van der Waals surface area contributed by atoms with Gasteiger partial charge in [0.2, 0.25) is 0 Å². The van der Waals surface area contributed by atoms with Crippen LogP contribution in [-0.2, 0) is 18.2 Å². The first-order chi connectivity index (χ1) is 11.4. The van der Waals surface area contributed by atoms with Gasteiger partial charge in [0.1, 0.15) is 11.5 Å². The van der Waals surface area contributed by atoms with Crippen LogP contribution in [0.2, 0.25) is 0 Å². The Hall–Kier alpha value is -0.850. The van der Waals surface area contributed by atoms with Crippen molar-refractivity contribution in [2.24, 2.45) is 0 Å². The Balaban J connectivity index is 1.85. The first-order valence-electron chi connectivity index (χ1n) is 7.10. The summed E-state index contributed by atoms with van der Waals surface area (Å²) in [7, 11) is 0. The number of Topliss-reactive ketones (excluding diaryl/α,β-unsaturated/α-hetero) is 1. The first kappa shape index (κ1) is 18.0. The third kappa shape index (κ3) is 3.86. The number of fused-ring (bicyclic) bond motifs is 1. The number of hydrogen-bond donors (Lipinski definition) is 1. The number of hydrogen-bond acceptors (Lipinski definition) is 5. The smallest absolute Gasteiger partial charge is 0.416 e. The van der Waals surface area contributed by atoms with Crippen LogP contribution < -0.4 is 9.05 Å². The second-order valence-electron chi connectivity index (χ2n) is 5.15. The van der Waals surface area contributed by atoms with E-state index in [9.17, 15) is 9.69 Å². The number of benzene rings is 2. The van der Waals surface area contributed by atoms with Crippen molar-refractivity contribution in [3.8, 4) is 11.5 Å². The van der Waals surface area contributed by atoms with Crippen LogP contribution >= 0.6 is 34.4 Å². The van der Waals surface area contributed by atoms with E-state index < -0.39 is 6.72 Å². The lowest BCUT2D eigenvalue weighted by atomic mass is 10.1. The van der Waals surface area contributed by atoms with E-state index in [-0.39, 0.29) is 5.78 Å². The number of thioether (sulfide) groups is 1. The lowest BCUT2D eigenvalue weighted by Gasteiger charge is -2.19. The molecular weight excluding hydrogens is 431 g/mol. The fourth-order valence-electron chi connectivity index (χ4n) is 2.53. The number of carbonyl (C=O) groups excluding carboxylic acids is 1. The van der Waals surface area contributed by atoms with Crippen LogP contribution in [-0.4, -0.2) is 16.9 Å². The lowest BCUT2D eigenvalue weighted by Crippen LogP contribution is -2.02. The molecule has 3 rings (SSSR count). The Labute approximate surface area is 157 Å². The minimum Gasteiger partial charge on any atom is -0.416 e. The molecule has 0 aromatic heterocycles. The Bertz CT molecular complexity index is 856. The fraction of sp³-hybridized carbons (Fsp3) is 0.188. The molecule has 4 nitrogen and oxygen atoms in total. The molecule has 0 radical (unpaired) electrons. The Kier molecular flexibility index (Phi) is 5.37. The summed E-state index contributed by atoms with van der Waals surface area (Å²) in [4.78, 5) is 23.4. The van der Waals surface area contributed by atoms with Crippen molar-refractivity contribution < 1.29 is 18.7 Å². The van der Waals surface area contributed by atoms with Crippen LogP contribution in [0.5, 0.6) is 11.5 Å². The second kappa shape index (κ2) is 7.18. The summed E-state index contributed by atoms with van der Waals surface area (Å²) in [6.45, 7) is -3.54. The van der Waals surface area contributed by atoms with Crippen molar-refractivity contribution in [1.29, 1.82) is 0 Å². The fourth-order valence-corrected chi connectivity index (χ4v) is 4.91. The molecule has 8 heteroatoms. The summed E-state index contributed by atoms with van der Waals surface area (Å²) < 4.78 is 11.8. The van der Waals surface area contributed by atoms with Crippen molar-refractivity contribution in [2.45, 2.75) is 17.7 Å². The third-order valence-corrected chi connectivity index (χ3v) is 6.28. The monoisotopic (exact) mass is 444 g/mol. The number of rotatable bonds is 5. The SMILES string of the molecule is CSc1cccc(OP(O)(=S)Oc2ccc(Br)c3c2CCC3=O)c1. The summed E-state index contributed by atoms with van der Waals surface area (Å²) in [6, 6.07) is 10.7. The molecule has 1 aliphatic carbocycles. The largest absolute Gasteiger partial charge is 0.432 e. The number of ketones is 1. The second-order valence-corrected chi connectivity index (χ2v) is 9.57. The molecule has 0 saturated carbocycles. The van der Waals surface area contributed by atoms with Crippen LogP contribution in [0.25, 0.3) is 0 Å². The van der Waals surface area contributed by atoms with Gasteiger partial charge in [0.05, 0.1) is 0 Å². The van der Waals surface area contributed by atoms with Gasteiger partial charge in [-0.15, -0.1) is 11.8 Å². The predicted molar refractivity (Wildman–Crippen MR) is 103 cm³/mol. The molecule has 0 spiro atoms. The molecule has 0 aliphatic heterocycles. The molecule has 24 heavy (non-hydrogen) atoms. The summed E-state index contributed by atoms with van der Waals surface area (Å²) in [5.41, 5.74) is 1.37.